The standard InChI is InChI=1S/C20H25N3O/c1-24-20-9-8-15(13-18(20)21)5-4-11-22-12-10-16-14-23-19-7-3-2-6-17(16)19/h2-3,6-9,13-14,22-23H,4-5,10-12,21H2,1H3. The van der Waals surface area contributed by atoms with Gasteiger partial charge in [-0.25, -0.2) is 0 Å². The van der Waals surface area contributed by atoms with Gasteiger partial charge in [-0.15, -0.1) is 0 Å². The molecule has 0 atom stereocenters. The van der Waals surface area contributed by atoms with Crippen molar-refractivity contribution in [1.29, 1.82) is 0 Å². The first-order valence-corrected chi connectivity index (χ1v) is 8.46. The quantitative estimate of drug-likeness (QED) is 0.439. The molecule has 4 nitrogen and oxygen atoms in total. The minimum atomic E-state index is 0.710. The summed E-state index contributed by atoms with van der Waals surface area (Å²) in [6, 6.07) is 14.5. The summed E-state index contributed by atoms with van der Waals surface area (Å²) in [5.41, 5.74) is 10.5. The normalized spacial score (nSPS) is 11.0. The minimum Gasteiger partial charge on any atom is -0.495 e. The molecule has 0 saturated carbocycles. The number of nitrogens with two attached hydrogens (primary N) is 1. The lowest BCUT2D eigenvalue weighted by molar-refractivity contribution is 0.417. The number of nitrogen functional groups attached to an aromatic ring is 1. The Morgan fingerprint density at radius 3 is 2.79 bits per heavy atom. The number of para-hydroxylation sites is 1. The van der Waals surface area contributed by atoms with Gasteiger partial charge in [-0.2, -0.15) is 0 Å². The van der Waals surface area contributed by atoms with E-state index in [1.54, 1.807) is 7.11 Å². The van der Waals surface area contributed by atoms with Gasteiger partial charge in [0.2, 0.25) is 0 Å². The Balaban J connectivity index is 1.39. The van der Waals surface area contributed by atoms with Crippen molar-refractivity contribution in [2.24, 2.45) is 0 Å². The minimum absolute atomic E-state index is 0.710. The Bertz CT molecular complexity index is 794. The number of aryl methyl sites for hydroxylation is 1. The molecule has 3 aromatic rings. The third kappa shape index (κ3) is 3.89. The van der Waals surface area contributed by atoms with Crippen molar-refractivity contribution < 1.29 is 4.74 Å². The van der Waals surface area contributed by atoms with Crippen molar-refractivity contribution in [3.8, 4) is 5.75 Å². The van der Waals surface area contributed by atoms with E-state index < -0.39 is 0 Å². The molecule has 0 fully saturated rings. The van der Waals surface area contributed by atoms with Gasteiger partial charge in [0.05, 0.1) is 12.8 Å². The summed E-state index contributed by atoms with van der Waals surface area (Å²) in [5, 5.41) is 4.85. The molecule has 126 valence electrons. The van der Waals surface area contributed by atoms with Crippen LogP contribution in [-0.4, -0.2) is 25.2 Å². The number of fused-ring (bicyclic) bond motifs is 1. The van der Waals surface area contributed by atoms with Crippen LogP contribution in [0.5, 0.6) is 5.75 Å². The molecular weight excluding hydrogens is 298 g/mol. The van der Waals surface area contributed by atoms with Gasteiger partial charge in [-0.3, -0.25) is 0 Å². The van der Waals surface area contributed by atoms with Gasteiger partial charge in [0.1, 0.15) is 5.75 Å². The number of anilines is 1. The molecule has 1 aromatic heterocycles. The predicted octanol–water partition coefficient (Wildman–Crippen LogP) is 3.52. The average Bonchev–Trinajstić information content (AvgIpc) is 3.01. The number of aromatic amines is 1. The Morgan fingerprint density at radius 1 is 1.08 bits per heavy atom. The van der Waals surface area contributed by atoms with E-state index in [0.717, 1.165) is 38.1 Å². The van der Waals surface area contributed by atoms with Crippen LogP contribution in [0.3, 0.4) is 0 Å². The molecule has 0 radical (unpaired) electrons. The van der Waals surface area contributed by atoms with E-state index in [1.165, 1.54) is 22.0 Å². The molecule has 4 N–H and O–H groups in total. The lowest BCUT2D eigenvalue weighted by Crippen LogP contribution is -2.18. The molecule has 2 aromatic carbocycles. The molecule has 0 aliphatic heterocycles. The summed E-state index contributed by atoms with van der Waals surface area (Å²) in [6.07, 6.45) is 5.28. The average molecular weight is 323 g/mol. The van der Waals surface area contributed by atoms with E-state index in [9.17, 15) is 0 Å². The topological polar surface area (TPSA) is 63.1 Å². The highest BCUT2D eigenvalue weighted by molar-refractivity contribution is 5.83. The molecule has 1 heterocycles. The summed E-state index contributed by atoms with van der Waals surface area (Å²) in [4.78, 5) is 3.33. The van der Waals surface area contributed by atoms with Crippen LogP contribution in [0.4, 0.5) is 5.69 Å². The zero-order valence-corrected chi connectivity index (χ0v) is 14.1. The Labute approximate surface area is 143 Å². The van der Waals surface area contributed by atoms with Gasteiger partial charge in [-0.1, -0.05) is 24.3 Å². The van der Waals surface area contributed by atoms with Gasteiger partial charge >= 0.3 is 0 Å². The number of H-pyrrole nitrogens is 1. The maximum atomic E-state index is 5.94. The third-order valence-electron chi connectivity index (χ3n) is 4.36. The van der Waals surface area contributed by atoms with E-state index in [1.807, 2.05) is 12.1 Å². The van der Waals surface area contributed by atoms with E-state index in [0.29, 0.717) is 5.69 Å². The molecule has 0 bridgehead atoms. The van der Waals surface area contributed by atoms with Crippen LogP contribution in [0.2, 0.25) is 0 Å². The highest BCUT2D eigenvalue weighted by Gasteiger charge is 2.03. The largest absolute Gasteiger partial charge is 0.495 e. The number of rotatable bonds is 8. The second kappa shape index (κ2) is 7.88. The van der Waals surface area contributed by atoms with E-state index in [-0.39, 0.29) is 0 Å². The second-order valence-electron chi connectivity index (χ2n) is 6.04. The van der Waals surface area contributed by atoms with Crippen molar-refractivity contribution in [3.05, 3.63) is 59.8 Å². The maximum Gasteiger partial charge on any atom is 0.141 e. The van der Waals surface area contributed by atoms with Crippen LogP contribution in [0.15, 0.2) is 48.7 Å². The molecule has 0 aliphatic rings. The maximum absolute atomic E-state index is 5.94. The van der Waals surface area contributed by atoms with Crippen molar-refractivity contribution >= 4 is 16.6 Å². The summed E-state index contributed by atoms with van der Waals surface area (Å²) in [7, 11) is 1.64. The number of nitrogens with one attached hydrogen (secondary N) is 2. The molecule has 24 heavy (non-hydrogen) atoms. The van der Waals surface area contributed by atoms with Crippen molar-refractivity contribution in [2.75, 3.05) is 25.9 Å². The number of methoxy groups -OCH3 is 1. The van der Waals surface area contributed by atoms with Crippen LogP contribution in [0.25, 0.3) is 10.9 Å². The van der Waals surface area contributed by atoms with Crippen molar-refractivity contribution in [1.82, 2.24) is 10.3 Å². The summed E-state index contributed by atoms with van der Waals surface area (Å²) in [6.45, 7) is 2.00. The molecule has 0 unspecified atom stereocenters. The fourth-order valence-corrected chi connectivity index (χ4v) is 3.04. The summed E-state index contributed by atoms with van der Waals surface area (Å²) < 4.78 is 5.18. The van der Waals surface area contributed by atoms with E-state index in [4.69, 9.17) is 10.5 Å². The number of hydrogen-bond acceptors (Lipinski definition) is 3. The van der Waals surface area contributed by atoms with Gasteiger partial charge in [0, 0.05) is 17.1 Å². The first-order chi connectivity index (χ1) is 11.8. The van der Waals surface area contributed by atoms with Gasteiger partial charge in [0.25, 0.3) is 0 Å². The molecule has 0 aliphatic carbocycles. The molecule has 0 spiro atoms. The number of ether oxygens (including phenoxy) is 1. The SMILES string of the molecule is COc1ccc(CCCNCCc2c[nH]c3ccccc23)cc1N. The molecule has 0 amide bonds. The number of hydrogen-bond donors (Lipinski definition) is 3. The second-order valence-corrected chi connectivity index (χ2v) is 6.04. The monoisotopic (exact) mass is 323 g/mol. The molecular formula is C20H25N3O. The Morgan fingerprint density at radius 2 is 1.96 bits per heavy atom. The lowest BCUT2D eigenvalue weighted by atomic mass is 10.1. The summed E-state index contributed by atoms with van der Waals surface area (Å²) in [5.74, 6) is 0.746. The first kappa shape index (κ1) is 16.4. The Hall–Kier alpha value is -2.46. The smallest absolute Gasteiger partial charge is 0.141 e. The number of benzene rings is 2. The van der Waals surface area contributed by atoms with E-state index >= 15 is 0 Å². The highest BCUT2D eigenvalue weighted by Crippen LogP contribution is 2.22. The predicted molar refractivity (Wildman–Crippen MR) is 101 cm³/mol. The fourth-order valence-electron chi connectivity index (χ4n) is 3.04. The van der Waals surface area contributed by atoms with Crippen LogP contribution >= 0.6 is 0 Å². The van der Waals surface area contributed by atoms with Gasteiger partial charge in [-0.05, 0) is 61.7 Å². The first-order valence-electron chi connectivity index (χ1n) is 8.46. The van der Waals surface area contributed by atoms with Gasteiger partial charge < -0.3 is 20.8 Å². The highest BCUT2D eigenvalue weighted by atomic mass is 16.5. The Kier molecular flexibility index (Phi) is 5.39. The van der Waals surface area contributed by atoms with Crippen molar-refractivity contribution in [2.45, 2.75) is 19.3 Å². The third-order valence-corrected chi connectivity index (χ3v) is 4.36. The molecule has 4 heteroatoms. The van der Waals surface area contributed by atoms with Crippen LogP contribution in [0, 0.1) is 0 Å². The fraction of sp³-hybridized carbons (Fsp3) is 0.300. The van der Waals surface area contributed by atoms with Gasteiger partial charge in [0.15, 0.2) is 0 Å². The molecule has 3 rings (SSSR count). The van der Waals surface area contributed by atoms with Crippen LogP contribution in [0.1, 0.15) is 17.5 Å². The number of aromatic nitrogens is 1. The van der Waals surface area contributed by atoms with E-state index in [2.05, 4.69) is 46.8 Å². The van der Waals surface area contributed by atoms with Crippen LogP contribution < -0.4 is 15.8 Å². The lowest BCUT2D eigenvalue weighted by Gasteiger charge is -2.08. The molecule has 0 saturated heterocycles. The zero-order chi connectivity index (χ0) is 16.8. The van der Waals surface area contributed by atoms with Crippen molar-refractivity contribution in [3.63, 3.8) is 0 Å². The zero-order valence-electron chi connectivity index (χ0n) is 14.1. The van der Waals surface area contributed by atoms with Crippen LogP contribution in [-0.2, 0) is 12.8 Å². The summed E-state index contributed by atoms with van der Waals surface area (Å²) >= 11 is 0.